The normalized spacial score (nSPS) is 17.0. The van der Waals surface area contributed by atoms with Crippen LogP contribution in [0.5, 0.6) is 11.6 Å². The number of para-hydroxylation sites is 1. The van der Waals surface area contributed by atoms with E-state index in [1.54, 1.807) is 31.2 Å². The van der Waals surface area contributed by atoms with Gasteiger partial charge in [0.2, 0.25) is 5.88 Å². The van der Waals surface area contributed by atoms with Gasteiger partial charge in [0.25, 0.3) is 0 Å². The third-order valence-corrected chi connectivity index (χ3v) is 7.20. The van der Waals surface area contributed by atoms with Crippen molar-refractivity contribution in [3.05, 3.63) is 65.2 Å². The van der Waals surface area contributed by atoms with E-state index < -0.39 is 30.3 Å². The number of ether oxygens (including phenoxy) is 3. The summed E-state index contributed by atoms with van der Waals surface area (Å²) >= 11 is 0. The van der Waals surface area contributed by atoms with Gasteiger partial charge < -0.3 is 29.5 Å². The number of amides is 3. The number of carbonyl (C=O) groups excluding carboxylic acids is 1. The van der Waals surface area contributed by atoms with Gasteiger partial charge in [0.15, 0.2) is 0 Å². The average molecular weight is 620 g/mol. The van der Waals surface area contributed by atoms with Crippen LogP contribution < -0.4 is 20.1 Å². The minimum absolute atomic E-state index is 0.0990. The van der Waals surface area contributed by atoms with Gasteiger partial charge in [-0.15, -0.1) is 18.3 Å². The number of urea groups is 1. The molecule has 0 saturated carbocycles. The first-order chi connectivity index (χ1) is 20.7. The first-order valence-corrected chi connectivity index (χ1v) is 13.9. The van der Waals surface area contributed by atoms with Crippen molar-refractivity contribution < 1.29 is 42.1 Å². The van der Waals surface area contributed by atoms with E-state index in [4.69, 9.17) is 9.47 Å². The highest BCUT2D eigenvalue weighted by Crippen LogP contribution is 2.36. The van der Waals surface area contributed by atoms with Crippen LogP contribution in [0.3, 0.4) is 0 Å². The molecule has 1 aromatic heterocycles. The molecule has 1 aliphatic heterocycles. The van der Waals surface area contributed by atoms with E-state index in [0.717, 1.165) is 0 Å². The molecule has 2 unspecified atom stereocenters. The topological polar surface area (TPSA) is 127 Å². The zero-order valence-corrected chi connectivity index (χ0v) is 25.1. The second-order valence-electron chi connectivity index (χ2n) is 11.5. The number of aromatic nitrogens is 2. The second kappa shape index (κ2) is 13.0. The summed E-state index contributed by atoms with van der Waals surface area (Å²) < 4.78 is 55.9. The fraction of sp³-hybridized carbons (Fsp3) is 0.433. The van der Waals surface area contributed by atoms with Crippen LogP contribution in [-0.4, -0.2) is 64.1 Å². The maximum absolute atomic E-state index is 13.1. The average Bonchev–Trinajstić information content (AvgIpc) is 3.51. The highest BCUT2D eigenvalue weighted by atomic mass is 19.4. The third kappa shape index (κ3) is 7.92. The van der Waals surface area contributed by atoms with Gasteiger partial charge in [0, 0.05) is 31.7 Å². The van der Waals surface area contributed by atoms with Gasteiger partial charge in [-0.2, -0.15) is 0 Å². The van der Waals surface area contributed by atoms with Gasteiger partial charge in [-0.3, -0.25) is 5.32 Å². The lowest BCUT2D eigenvalue weighted by molar-refractivity contribution is -0.274. The van der Waals surface area contributed by atoms with Gasteiger partial charge in [0.1, 0.15) is 17.7 Å². The number of alkyl halides is 3. The monoisotopic (exact) mass is 619 g/mol. The molecule has 0 aliphatic carbocycles. The van der Waals surface area contributed by atoms with Gasteiger partial charge in [-0.05, 0) is 42.2 Å². The molecule has 3 aromatic rings. The maximum Gasteiger partial charge on any atom is 0.573 e. The summed E-state index contributed by atoms with van der Waals surface area (Å²) in [6.45, 7) is 7.65. The Morgan fingerprint density at radius 2 is 1.82 bits per heavy atom. The molecule has 3 N–H and O–H groups in total. The number of nitrogens with zero attached hydrogens (tertiary/aromatic N) is 3. The van der Waals surface area contributed by atoms with Gasteiger partial charge in [0.05, 0.1) is 24.4 Å². The molecule has 1 aliphatic rings. The minimum atomic E-state index is -4.91. The van der Waals surface area contributed by atoms with Crippen LogP contribution in [0.4, 0.5) is 28.6 Å². The van der Waals surface area contributed by atoms with Crippen molar-refractivity contribution in [1.29, 1.82) is 0 Å². The van der Waals surface area contributed by atoms with Crippen LogP contribution in [0.15, 0.2) is 48.5 Å². The van der Waals surface area contributed by atoms with Crippen LogP contribution in [0, 0.1) is 12.3 Å². The summed E-state index contributed by atoms with van der Waals surface area (Å²) in [7, 11) is 1.46. The zero-order valence-electron chi connectivity index (χ0n) is 25.1. The molecule has 1 fully saturated rings. The molecule has 0 radical (unpaired) electrons. The van der Waals surface area contributed by atoms with Crippen molar-refractivity contribution in [2.45, 2.75) is 65.8 Å². The molecule has 2 aromatic carbocycles. The van der Waals surface area contributed by atoms with E-state index in [1.165, 1.54) is 34.9 Å². The highest BCUT2D eigenvalue weighted by molar-refractivity contribution is 5.89. The van der Waals surface area contributed by atoms with Crippen LogP contribution in [0.2, 0.25) is 0 Å². The van der Waals surface area contributed by atoms with E-state index in [-0.39, 0.29) is 48.4 Å². The summed E-state index contributed by atoms with van der Waals surface area (Å²) in [4.78, 5) is 26.4. The molecular formula is C30H36F3N5O6. The Bertz CT molecular complexity index is 1470. The van der Waals surface area contributed by atoms with Crippen LogP contribution >= 0.6 is 0 Å². The lowest BCUT2D eigenvalue weighted by Gasteiger charge is -2.32. The Labute approximate surface area is 252 Å². The van der Waals surface area contributed by atoms with E-state index in [0.29, 0.717) is 23.2 Å². The Morgan fingerprint density at radius 1 is 1.11 bits per heavy atom. The number of carboxylic acid groups (broad SMARTS) is 1. The lowest BCUT2D eigenvalue weighted by Crippen LogP contribution is -2.42. The third-order valence-electron chi connectivity index (χ3n) is 7.20. The molecule has 238 valence electrons. The molecule has 2 heterocycles. The molecule has 0 bridgehead atoms. The van der Waals surface area contributed by atoms with E-state index >= 15 is 0 Å². The molecule has 3 amide bonds. The van der Waals surface area contributed by atoms with Crippen molar-refractivity contribution in [1.82, 2.24) is 20.0 Å². The Hall–Kier alpha value is -4.46. The number of hydrogen-bond donors (Lipinski definition) is 3. The van der Waals surface area contributed by atoms with Crippen molar-refractivity contribution >= 4 is 17.9 Å². The SMILES string of the molecule is COCc1ccc(OC(F)(F)F)c(CNC(=O)Nc2c(C)c(OC3CC(C(C)(C)C)N(C(=O)O)C3)nn2-c2ccccc2)c1. The summed E-state index contributed by atoms with van der Waals surface area (Å²) in [6, 6.07) is 12.1. The fourth-order valence-corrected chi connectivity index (χ4v) is 5.14. The minimum Gasteiger partial charge on any atom is -0.471 e. The largest absolute Gasteiger partial charge is 0.573 e. The van der Waals surface area contributed by atoms with Crippen LogP contribution in [0.1, 0.15) is 43.9 Å². The number of benzene rings is 2. The Kier molecular flexibility index (Phi) is 9.62. The standard InChI is InChI=1S/C30H36F3N5O6/c1-18-25(35-27(39)34-15-20-13-19(17-42-5)11-12-23(20)44-30(31,32)33)38(21-9-7-6-8-10-21)36-26(18)43-22-14-24(29(2,3)4)37(16-22)28(40)41/h6-13,22,24H,14-17H2,1-5H3,(H,40,41)(H2,34,35,39). The van der Waals surface area contributed by atoms with Crippen molar-refractivity contribution in [2.24, 2.45) is 5.41 Å². The molecule has 11 nitrogen and oxygen atoms in total. The van der Waals surface area contributed by atoms with Crippen molar-refractivity contribution in [3.63, 3.8) is 0 Å². The predicted octanol–water partition coefficient (Wildman–Crippen LogP) is 6.09. The molecule has 4 rings (SSSR count). The lowest BCUT2D eigenvalue weighted by atomic mass is 9.85. The molecule has 0 spiro atoms. The van der Waals surface area contributed by atoms with E-state index in [2.05, 4.69) is 20.5 Å². The number of likely N-dealkylation sites (tertiary alicyclic amines) is 1. The number of rotatable bonds is 9. The molecule has 1 saturated heterocycles. The predicted molar refractivity (Wildman–Crippen MR) is 155 cm³/mol. The summed E-state index contributed by atoms with van der Waals surface area (Å²) in [5.74, 6) is 0.0330. The van der Waals surface area contributed by atoms with Crippen LogP contribution in [0.25, 0.3) is 5.69 Å². The number of hydrogen-bond acceptors (Lipinski definition) is 6. The number of carbonyl (C=O) groups is 2. The first kappa shape index (κ1) is 32.5. The first-order valence-electron chi connectivity index (χ1n) is 13.9. The van der Waals surface area contributed by atoms with E-state index in [9.17, 15) is 27.9 Å². The van der Waals surface area contributed by atoms with E-state index in [1.807, 2.05) is 26.8 Å². The van der Waals surface area contributed by atoms with Crippen molar-refractivity contribution in [2.75, 3.05) is 19.0 Å². The fourth-order valence-electron chi connectivity index (χ4n) is 5.14. The number of methoxy groups -OCH3 is 1. The highest BCUT2D eigenvalue weighted by Gasteiger charge is 2.43. The summed E-state index contributed by atoms with van der Waals surface area (Å²) in [6.07, 6.45) is -5.95. The second-order valence-corrected chi connectivity index (χ2v) is 11.5. The summed E-state index contributed by atoms with van der Waals surface area (Å²) in [5, 5.41) is 19.7. The number of anilines is 1. The Morgan fingerprint density at radius 3 is 2.41 bits per heavy atom. The quantitative estimate of drug-likeness (QED) is 0.264. The van der Waals surface area contributed by atoms with Crippen LogP contribution in [-0.2, 0) is 17.9 Å². The number of halogens is 3. The maximum atomic E-state index is 13.1. The molecular weight excluding hydrogens is 583 g/mol. The van der Waals surface area contributed by atoms with Crippen molar-refractivity contribution in [3.8, 4) is 17.3 Å². The van der Waals surface area contributed by atoms with Gasteiger partial charge in [-0.1, -0.05) is 45.0 Å². The van der Waals surface area contributed by atoms with Gasteiger partial charge in [-0.25, -0.2) is 14.3 Å². The molecule has 2 atom stereocenters. The zero-order chi connectivity index (χ0) is 32.2. The summed E-state index contributed by atoms with van der Waals surface area (Å²) in [5.41, 5.74) is 1.48. The molecule has 44 heavy (non-hydrogen) atoms. The Balaban J connectivity index is 1.56. The number of nitrogens with one attached hydrogen (secondary N) is 2. The smallest absolute Gasteiger partial charge is 0.471 e. The molecule has 14 heteroatoms. The van der Waals surface area contributed by atoms with Gasteiger partial charge >= 0.3 is 18.5 Å².